The van der Waals surface area contributed by atoms with Crippen LogP contribution >= 0.6 is 0 Å². The van der Waals surface area contributed by atoms with Crippen molar-refractivity contribution in [3.8, 4) is 6.07 Å². The average Bonchev–Trinajstić information content (AvgIpc) is 3.16. The van der Waals surface area contributed by atoms with Gasteiger partial charge in [-0.25, -0.2) is 0 Å². The first kappa shape index (κ1) is 28.2. The van der Waals surface area contributed by atoms with Crippen molar-refractivity contribution in [3.05, 3.63) is 58.9 Å². The zero-order chi connectivity index (χ0) is 27.9. The number of carbonyl (C=O) groups excluding carboxylic acids is 2. The van der Waals surface area contributed by atoms with Gasteiger partial charge in [0.25, 0.3) is 5.56 Å². The lowest BCUT2D eigenvalue weighted by Crippen LogP contribution is -2.53. The SMILES string of the molecule is C=C.Cc1ccc2[nH]c(=O)c(CC(C#N)N(C)C(=O)[C@@H]3C4C(CN3C(=O)CC(C)(C)C)C4(C)C)cc2c1. The number of amides is 2. The summed E-state index contributed by atoms with van der Waals surface area (Å²) < 4.78 is 0. The quantitative estimate of drug-likeness (QED) is 0.608. The molecule has 7 heteroatoms. The van der Waals surface area contributed by atoms with Crippen LogP contribution in [0.15, 0.2) is 42.2 Å². The van der Waals surface area contributed by atoms with Crippen LogP contribution in [-0.2, 0) is 16.0 Å². The Kier molecular flexibility index (Phi) is 7.74. The maximum Gasteiger partial charge on any atom is 0.251 e. The maximum absolute atomic E-state index is 13.8. The number of benzene rings is 1. The molecule has 1 aromatic heterocycles. The molecule has 0 radical (unpaired) electrons. The number of aryl methyl sites for hydroxylation is 1. The fourth-order valence-electron chi connectivity index (χ4n) is 5.74. The molecule has 1 aromatic carbocycles. The minimum Gasteiger partial charge on any atom is -0.330 e. The molecule has 2 amide bonds. The van der Waals surface area contributed by atoms with Crippen LogP contribution in [0.5, 0.6) is 0 Å². The van der Waals surface area contributed by atoms with Crippen LogP contribution in [0.25, 0.3) is 10.9 Å². The van der Waals surface area contributed by atoms with Crippen molar-refractivity contribution in [2.24, 2.45) is 22.7 Å². The van der Waals surface area contributed by atoms with Gasteiger partial charge in [-0.3, -0.25) is 14.4 Å². The zero-order valence-electron chi connectivity index (χ0n) is 23.2. The van der Waals surface area contributed by atoms with Gasteiger partial charge in [0.1, 0.15) is 12.1 Å². The number of aromatic amines is 1. The van der Waals surface area contributed by atoms with Crippen molar-refractivity contribution in [2.45, 2.75) is 66.5 Å². The normalized spacial score (nSPS) is 22.3. The molecule has 4 rings (SSSR count). The number of H-pyrrole nitrogens is 1. The highest BCUT2D eigenvalue weighted by atomic mass is 16.2. The fourth-order valence-corrected chi connectivity index (χ4v) is 5.74. The first-order valence-corrected chi connectivity index (χ1v) is 12.8. The Hall–Kier alpha value is -3.40. The minimum atomic E-state index is -0.814. The Morgan fingerprint density at radius 3 is 2.51 bits per heavy atom. The number of aromatic nitrogens is 1. The Labute approximate surface area is 220 Å². The van der Waals surface area contributed by atoms with E-state index < -0.39 is 12.1 Å². The van der Waals surface area contributed by atoms with Gasteiger partial charge in [0.15, 0.2) is 0 Å². The summed E-state index contributed by atoms with van der Waals surface area (Å²) >= 11 is 0. The van der Waals surface area contributed by atoms with Crippen LogP contribution in [0, 0.1) is 40.9 Å². The van der Waals surface area contributed by atoms with E-state index in [2.05, 4.69) is 38.1 Å². The van der Waals surface area contributed by atoms with Gasteiger partial charge in [0.2, 0.25) is 11.8 Å². The van der Waals surface area contributed by atoms with E-state index in [9.17, 15) is 19.6 Å². The molecule has 1 aliphatic heterocycles. The summed E-state index contributed by atoms with van der Waals surface area (Å²) in [7, 11) is 1.62. The number of nitrogens with one attached hydrogen (secondary N) is 1. The van der Waals surface area contributed by atoms with Crippen molar-refractivity contribution in [2.75, 3.05) is 13.6 Å². The second kappa shape index (κ2) is 10.2. The second-order valence-electron chi connectivity index (χ2n) is 12.2. The Bertz CT molecular complexity index is 1300. The van der Waals surface area contributed by atoms with Gasteiger partial charge in [-0.2, -0.15) is 5.26 Å². The number of hydrogen-bond acceptors (Lipinski definition) is 4. The van der Waals surface area contributed by atoms with Gasteiger partial charge in [-0.1, -0.05) is 46.2 Å². The standard InChI is InChI=1S/C28H36N4O3.C2H4/c1-16-8-9-21-17(10-16)11-18(25(34)30-21)12-19(14-29)31(7)26(35)24-23-20(28(23,5)6)15-32(24)22(33)13-27(2,3)4;1-2/h8-11,19-20,23-24H,12-13,15H2,1-7H3,(H,30,34);1-2H2/t19?,20?,23?,24-;/m0./s1. The molecule has 2 fully saturated rings. The molecular formula is C30H40N4O3. The lowest BCUT2D eigenvalue weighted by Gasteiger charge is -2.35. The molecule has 0 spiro atoms. The predicted molar refractivity (Wildman–Crippen MR) is 147 cm³/mol. The van der Waals surface area contributed by atoms with Gasteiger partial charge in [0, 0.05) is 37.5 Å². The molecular weight excluding hydrogens is 464 g/mol. The molecule has 37 heavy (non-hydrogen) atoms. The van der Waals surface area contributed by atoms with Crippen LogP contribution in [0.4, 0.5) is 0 Å². The third kappa shape index (κ3) is 5.49. The summed E-state index contributed by atoms with van der Waals surface area (Å²) in [5.41, 5.74) is 1.84. The lowest BCUT2D eigenvalue weighted by molar-refractivity contribution is -0.146. The van der Waals surface area contributed by atoms with Crippen molar-refractivity contribution >= 4 is 22.7 Å². The Balaban J connectivity index is 0.00000186. The third-order valence-corrected chi connectivity index (χ3v) is 7.92. The molecule has 3 unspecified atom stereocenters. The number of likely N-dealkylation sites (N-methyl/N-ethyl adjacent to an activating group) is 1. The molecule has 1 saturated heterocycles. The Morgan fingerprint density at radius 2 is 1.92 bits per heavy atom. The zero-order valence-corrected chi connectivity index (χ0v) is 23.2. The third-order valence-electron chi connectivity index (χ3n) is 7.92. The number of carbonyl (C=O) groups is 2. The highest BCUT2D eigenvalue weighted by molar-refractivity contribution is 5.90. The second-order valence-corrected chi connectivity index (χ2v) is 12.2. The summed E-state index contributed by atoms with van der Waals surface area (Å²) in [4.78, 5) is 45.7. The van der Waals surface area contributed by atoms with Crippen molar-refractivity contribution < 1.29 is 9.59 Å². The summed E-state index contributed by atoms with van der Waals surface area (Å²) in [6.45, 7) is 18.9. The number of nitrogens with zero attached hydrogens (tertiary/aromatic N) is 3. The van der Waals surface area contributed by atoms with E-state index in [4.69, 9.17) is 0 Å². The highest BCUT2D eigenvalue weighted by Crippen LogP contribution is 2.65. The number of hydrogen-bond donors (Lipinski definition) is 1. The number of likely N-dealkylation sites (tertiary alicyclic amines) is 1. The molecule has 1 aliphatic carbocycles. The van der Waals surface area contributed by atoms with E-state index in [1.807, 2.05) is 45.9 Å². The molecule has 4 atom stereocenters. The highest BCUT2D eigenvalue weighted by Gasteiger charge is 2.69. The van der Waals surface area contributed by atoms with Gasteiger partial charge in [-0.05, 0) is 53.2 Å². The maximum atomic E-state index is 13.8. The molecule has 0 bridgehead atoms. The summed E-state index contributed by atoms with van der Waals surface area (Å²) in [5.74, 6) is 0.153. The molecule has 7 nitrogen and oxygen atoms in total. The van der Waals surface area contributed by atoms with E-state index in [1.54, 1.807) is 18.0 Å². The van der Waals surface area contributed by atoms with Crippen molar-refractivity contribution in [1.29, 1.82) is 5.26 Å². The molecule has 1 N–H and O–H groups in total. The number of fused-ring (bicyclic) bond motifs is 2. The first-order valence-electron chi connectivity index (χ1n) is 12.8. The predicted octanol–water partition coefficient (Wildman–Crippen LogP) is 4.45. The number of piperidine rings is 1. The van der Waals surface area contributed by atoms with Crippen LogP contribution in [0.1, 0.15) is 52.2 Å². The van der Waals surface area contributed by atoms with Gasteiger partial charge in [-0.15, -0.1) is 13.2 Å². The summed E-state index contributed by atoms with van der Waals surface area (Å²) in [5, 5.41) is 10.9. The van der Waals surface area contributed by atoms with E-state index in [0.717, 1.165) is 16.5 Å². The van der Waals surface area contributed by atoms with Gasteiger partial charge in [0.05, 0.1) is 6.07 Å². The summed E-state index contributed by atoms with van der Waals surface area (Å²) in [6, 6.07) is 8.43. The minimum absolute atomic E-state index is 0.00479. The van der Waals surface area contributed by atoms with Crippen molar-refractivity contribution in [1.82, 2.24) is 14.8 Å². The number of pyridine rings is 1. The van der Waals surface area contributed by atoms with Crippen LogP contribution in [-0.4, -0.2) is 52.3 Å². The van der Waals surface area contributed by atoms with E-state index in [0.29, 0.717) is 24.4 Å². The average molecular weight is 505 g/mol. The molecule has 2 aromatic rings. The van der Waals surface area contributed by atoms with Crippen molar-refractivity contribution in [3.63, 3.8) is 0 Å². The van der Waals surface area contributed by atoms with E-state index >= 15 is 0 Å². The molecule has 1 saturated carbocycles. The monoisotopic (exact) mass is 504 g/mol. The first-order chi connectivity index (χ1) is 17.2. The topological polar surface area (TPSA) is 97.3 Å². The Morgan fingerprint density at radius 1 is 1.27 bits per heavy atom. The molecule has 198 valence electrons. The largest absolute Gasteiger partial charge is 0.330 e. The smallest absolute Gasteiger partial charge is 0.251 e. The number of nitriles is 1. The lowest BCUT2D eigenvalue weighted by atomic mass is 9.90. The molecule has 2 heterocycles. The van der Waals surface area contributed by atoms with Gasteiger partial charge >= 0.3 is 0 Å². The van der Waals surface area contributed by atoms with Crippen LogP contribution in [0.2, 0.25) is 0 Å². The summed E-state index contributed by atoms with van der Waals surface area (Å²) in [6.07, 6.45) is 0.492. The van der Waals surface area contributed by atoms with E-state index in [-0.39, 0.29) is 40.5 Å². The van der Waals surface area contributed by atoms with E-state index in [1.165, 1.54) is 4.90 Å². The number of rotatable bonds is 5. The van der Waals surface area contributed by atoms with Crippen LogP contribution in [0.3, 0.4) is 0 Å². The van der Waals surface area contributed by atoms with Crippen LogP contribution < -0.4 is 5.56 Å². The molecule has 2 aliphatic rings. The van der Waals surface area contributed by atoms with Gasteiger partial charge < -0.3 is 14.8 Å². The fraction of sp³-hybridized carbons (Fsp3) is 0.533.